The lowest BCUT2D eigenvalue weighted by atomic mass is 9.70. The molecule has 0 heterocycles. The highest BCUT2D eigenvalue weighted by atomic mass is 19.1. The highest BCUT2D eigenvalue weighted by molar-refractivity contribution is 5.98. The van der Waals surface area contributed by atoms with Gasteiger partial charge in [-0.2, -0.15) is 0 Å². The van der Waals surface area contributed by atoms with Gasteiger partial charge in [0.1, 0.15) is 5.75 Å². The van der Waals surface area contributed by atoms with Crippen LogP contribution in [0.1, 0.15) is 95.3 Å². The molecule has 4 saturated carbocycles. The molecule has 0 unspecified atom stereocenters. The number of aliphatic hydroxyl groups is 1. The summed E-state index contributed by atoms with van der Waals surface area (Å²) in [5.41, 5.74) is -0.919. The number of carbonyl (C=O) groups is 3. The zero-order valence-corrected chi connectivity index (χ0v) is 24.9. The molecule has 4 N–H and O–H groups in total. The van der Waals surface area contributed by atoms with Gasteiger partial charge in [0.05, 0.1) is 35.7 Å². The second-order valence-electron chi connectivity index (χ2n) is 13.7. The van der Waals surface area contributed by atoms with Crippen LogP contribution in [0.3, 0.4) is 0 Å². The fourth-order valence-electron chi connectivity index (χ4n) is 7.52. The van der Waals surface area contributed by atoms with Crippen molar-refractivity contribution in [2.45, 2.75) is 103 Å². The summed E-state index contributed by atoms with van der Waals surface area (Å²) in [6.45, 7) is 5.97. The highest BCUT2D eigenvalue weighted by Gasteiger charge is 2.52. The smallest absolute Gasteiger partial charge is 0.311 e. The summed E-state index contributed by atoms with van der Waals surface area (Å²) >= 11 is 0. The molecule has 42 heavy (non-hydrogen) atoms. The number of aliphatic carboxylic acids is 1. The number of halogens is 1. The van der Waals surface area contributed by atoms with Crippen LogP contribution in [0.4, 0.5) is 4.39 Å². The molecule has 9 nitrogen and oxygen atoms in total. The molecule has 1 aromatic rings. The van der Waals surface area contributed by atoms with Crippen molar-refractivity contribution < 1.29 is 38.5 Å². The van der Waals surface area contributed by atoms with Gasteiger partial charge in [-0.25, -0.2) is 4.39 Å². The molecule has 10 heteroatoms. The molecule has 5 rings (SSSR count). The Morgan fingerprint density at radius 3 is 2.33 bits per heavy atom. The molecule has 0 aromatic heterocycles. The molecule has 4 aliphatic carbocycles. The van der Waals surface area contributed by atoms with Gasteiger partial charge in [-0.1, -0.05) is 13.3 Å². The number of benzene rings is 1. The molecule has 232 valence electrons. The Kier molecular flexibility index (Phi) is 8.75. The van der Waals surface area contributed by atoms with Gasteiger partial charge >= 0.3 is 5.97 Å². The average molecular weight is 589 g/mol. The molecule has 2 bridgehead atoms. The third-order valence-electron chi connectivity index (χ3n) is 10.3. The number of ether oxygens (including phenoxy) is 2. The molecule has 4 atom stereocenters. The van der Waals surface area contributed by atoms with E-state index in [0.29, 0.717) is 19.4 Å². The zero-order valence-electron chi connectivity index (χ0n) is 24.9. The van der Waals surface area contributed by atoms with Crippen molar-refractivity contribution in [1.29, 1.82) is 0 Å². The number of nitrogens with one attached hydrogen (secondary N) is 2. The molecular formula is C32H45FN2O7. The van der Waals surface area contributed by atoms with Crippen molar-refractivity contribution in [3.63, 3.8) is 0 Å². The fourth-order valence-corrected chi connectivity index (χ4v) is 7.52. The zero-order chi connectivity index (χ0) is 30.2. The largest absolute Gasteiger partial charge is 0.490 e. The second-order valence-corrected chi connectivity index (χ2v) is 13.7. The van der Waals surface area contributed by atoms with Crippen molar-refractivity contribution in [3.8, 4) is 11.5 Å². The van der Waals surface area contributed by atoms with E-state index < -0.39 is 35.8 Å². The summed E-state index contributed by atoms with van der Waals surface area (Å²) in [5.74, 6) is -2.03. The van der Waals surface area contributed by atoms with Crippen molar-refractivity contribution in [3.05, 3.63) is 23.5 Å². The van der Waals surface area contributed by atoms with Gasteiger partial charge in [0, 0.05) is 18.7 Å². The lowest BCUT2D eigenvalue weighted by molar-refractivity contribution is -0.155. The summed E-state index contributed by atoms with van der Waals surface area (Å²) in [7, 11) is 0. The third-order valence-corrected chi connectivity index (χ3v) is 10.3. The molecule has 4 fully saturated rings. The molecule has 1 aromatic carbocycles. The predicted molar refractivity (Wildman–Crippen MR) is 153 cm³/mol. The summed E-state index contributed by atoms with van der Waals surface area (Å²) < 4.78 is 27.0. The van der Waals surface area contributed by atoms with E-state index in [1.807, 2.05) is 0 Å². The fraction of sp³-hybridized carbons (Fsp3) is 0.719. The minimum absolute atomic E-state index is 0.0000202. The van der Waals surface area contributed by atoms with Crippen LogP contribution < -0.4 is 20.1 Å². The van der Waals surface area contributed by atoms with Crippen LogP contribution in [0, 0.1) is 34.4 Å². The Labute approximate surface area is 246 Å². The van der Waals surface area contributed by atoms with Crippen LogP contribution in [0.2, 0.25) is 0 Å². The Balaban J connectivity index is 1.32. The average Bonchev–Trinajstić information content (AvgIpc) is 3.54. The summed E-state index contributed by atoms with van der Waals surface area (Å²) in [5, 5.41) is 25.5. The predicted octanol–water partition coefficient (Wildman–Crippen LogP) is 4.45. The van der Waals surface area contributed by atoms with Crippen LogP contribution in [-0.2, 0) is 9.59 Å². The molecular weight excluding hydrogens is 543 g/mol. The van der Waals surface area contributed by atoms with E-state index in [1.165, 1.54) is 12.5 Å². The lowest BCUT2D eigenvalue weighted by Gasteiger charge is -2.39. The summed E-state index contributed by atoms with van der Waals surface area (Å²) in [4.78, 5) is 38.8. The minimum Gasteiger partial charge on any atom is -0.490 e. The normalized spacial score (nSPS) is 31.3. The van der Waals surface area contributed by atoms with Crippen LogP contribution >= 0.6 is 0 Å². The van der Waals surface area contributed by atoms with Crippen molar-refractivity contribution in [2.24, 2.45) is 28.6 Å². The molecule has 0 aliphatic heterocycles. The first-order chi connectivity index (χ1) is 19.9. The first-order valence-corrected chi connectivity index (χ1v) is 15.5. The third kappa shape index (κ3) is 6.10. The maximum absolute atomic E-state index is 15.2. The lowest BCUT2D eigenvalue weighted by Crippen LogP contribution is -2.51. The summed E-state index contributed by atoms with van der Waals surface area (Å²) in [6, 6.07) is 2.20. The monoisotopic (exact) mass is 588 g/mol. The second kappa shape index (κ2) is 12.0. The van der Waals surface area contributed by atoms with Crippen molar-refractivity contribution in [2.75, 3.05) is 13.2 Å². The van der Waals surface area contributed by atoms with Crippen LogP contribution in [0.5, 0.6) is 11.5 Å². The number of amides is 2. The summed E-state index contributed by atoms with van der Waals surface area (Å²) in [6.07, 6.45) is 6.57. The first kappa shape index (κ1) is 30.6. The number of aliphatic hydroxyl groups excluding tert-OH is 1. The van der Waals surface area contributed by atoms with Crippen LogP contribution in [0.25, 0.3) is 0 Å². The van der Waals surface area contributed by atoms with Gasteiger partial charge in [-0.05, 0) is 95.0 Å². The number of carboxylic acid groups (broad SMARTS) is 1. The van der Waals surface area contributed by atoms with Gasteiger partial charge in [0.15, 0.2) is 11.6 Å². The van der Waals surface area contributed by atoms with Crippen molar-refractivity contribution >= 4 is 17.8 Å². The van der Waals surface area contributed by atoms with E-state index in [9.17, 15) is 24.6 Å². The Morgan fingerprint density at radius 1 is 1.05 bits per heavy atom. The number of fused-ring (bicyclic) bond motifs is 2. The van der Waals surface area contributed by atoms with Crippen LogP contribution in [0.15, 0.2) is 12.1 Å². The maximum atomic E-state index is 15.2. The first-order valence-electron chi connectivity index (χ1n) is 15.5. The van der Waals surface area contributed by atoms with E-state index >= 15 is 4.39 Å². The highest BCUT2D eigenvalue weighted by Crippen LogP contribution is 2.49. The molecule has 2 amide bonds. The minimum atomic E-state index is -1.21. The Bertz CT molecular complexity index is 1190. The van der Waals surface area contributed by atoms with E-state index in [-0.39, 0.29) is 71.1 Å². The SMILES string of the molecule is CC(C)Oc1cc(F)c(OC2CCC(CO)(C(=O)O)CC2)cc1C(=O)N[C@@H]1[C@H]2CC[C@H](C2)[C@@H]1C(=O)NCC1(C)CCC1. The maximum Gasteiger partial charge on any atom is 0.311 e. The van der Waals surface area contributed by atoms with Gasteiger partial charge in [0.2, 0.25) is 5.91 Å². The van der Waals surface area contributed by atoms with E-state index in [1.54, 1.807) is 13.8 Å². The van der Waals surface area contributed by atoms with Crippen molar-refractivity contribution in [1.82, 2.24) is 10.6 Å². The number of rotatable bonds is 11. The Morgan fingerprint density at radius 2 is 1.74 bits per heavy atom. The molecule has 0 spiro atoms. The number of hydrogen-bond acceptors (Lipinski definition) is 6. The van der Waals surface area contributed by atoms with Gasteiger partial charge < -0.3 is 30.3 Å². The standard InChI is InChI=1S/C32H45FN2O7/c1-18(2)41-24-15-23(33)25(42-21-7-11-32(17-36,12-8-21)30(39)40)14-22(24)28(37)35-27-20-6-5-19(13-20)26(27)29(38)34-16-31(3)9-4-10-31/h14-15,18-21,26-27,36H,4-13,16-17H2,1-3H3,(H,34,38)(H,35,37)(H,39,40)/t19-,20+,21?,26+,27-,32?/m1/s1. The molecule has 4 aliphatic rings. The van der Waals surface area contributed by atoms with Crippen LogP contribution in [-0.4, -0.2) is 59.4 Å². The van der Waals surface area contributed by atoms with Gasteiger partial charge in [-0.3, -0.25) is 14.4 Å². The van der Waals surface area contributed by atoms with Gasteiger partial charge in [-0.15, -0.1) is 0 Å². The Hall–Kier alpha value is -2.88. The number of carboxylic acids is 1. The topological polar surface area (TPSA) is 134 Å². The van der Waals surface area contributed by atoms with E-state index in [4.69, 9.17) is 9.47 Å². The molecule has 0 radical (unpaired) electrons. The quantitative estimate of drug-likeness (QED) is 0.300. The number of carbonyl (C=O) groups excluding carboxylic acids is 2. The number of hydrogen-bond donors (Lipinski definition) is 4. The van der Waals surface area contributed by atoms with E-state index in [0.717, 1.165) is 38.2 Å². The molecule has 0 saturated heterocycles. The van der Waals surface area contributed by atoms with E-state index in [2.05, 4.69) is 17.6 Å². The van der Waals surface area contributed by atoms with Gasteiger partial charge in [0.25, 0.3) is 5.91 Å².